The molecule has 4 heteroatoms. The first kappa shape index (κ1) is 16.6. The van der Waals surface area contributed by atoms with E-state index in [9.17, 15) is 14.0 Å². The number of benzene rings is 2. The lowest BCUT2D eigenvalue weighted by atomic mass is 9.99. The highest BCUT2D eigenvalue weighted by atomic mass is 79.9. The third-order valence-electron chi connectivity index (χ3n) is 3.50. The average molecular weight is 363 g/mol. The van der Waals surface area contributed by atoms with E-state index in [1.807, 2.05) is 25.1 Å². The number of rotatable bonds is 6. The quantitative estimate of drug-likeness (QED) is 0.699. The Kier molecular flexibility index (Phi) is 5.61. The predicted molar refractivity (Wildman–Crippen MR) is 87.6 cm³/mol. The van der Waals surface area contributed by atoms with Gasteiger partial charge in [0.25, 0.3) is 0 Å². The summed E-state index contributed by atoms with van der Waals surface area (Å²) >= 11 is 3.39. The van der Waals surface area contributed by atoms with Crippen LogP contribution in [0.4, 0.5) is 4.39 Å². The molecule has 0 heterocycles. The standard InChI is InChI=1S/C18H16BrFO2/c1-12-2-5-15(19)10-14(12)11-17(21)8-9-18(22)13-3-6-16(20)7-4-13/h2-7,10H,8-9,11H2,1H3. The lowest BCUT2D eigenvalue weighted by Gasteiger charge is -2.06. The maximum Gasteiger partial charge on any atom is 0.163 e. The Labute approximate surface area is 137 Å². The van der Waals surface area contributed by atoms with E-state index in [0.29, 0.717) is 12.0 Å². The van der Waals surface area contributed by atoms with Crippen molar-refractivity contribution in [3.05, 3.63) is 69.4 Å². The minimum atomic E-state index is -0.377. The molecule has 0 fully saturated rings. The van der Waals surface area contributed by atoms with Crippen molar-refractivity contribution in [3.63, 3.8) is 0 Å². The van der Waals surface area contributed by atoms with Crippen molar-refractivity contribution in [2.24, 2.45) is 0 Å². The molecule has 2 rings (SSSR count). The van der Waals surface area contributed by atoms with Gasteiger partial charge in [-0.2, -0.15) is 0 Å². The largest absolute Gasteiger partial charge is 0.299 e. The maximum atomic E-state index is 12.8. The molecule has 0 aliphatic heterocycles. The fourth-order valence-electron chi connectivity index (χ4n) is 2.16. The second-order valence-corrected chi connectivity index (χ2v) is 6.13. The molecule has 2 aromatic carbocycles. The lowest BCUT2D eigenvalue weighted by molar-refractivity contribution is -0.118. The van der Waals surface area contributed by atoms with Crippen molar-refractivity contribution < 1.29 is 14.0 Å². The molecule has 22 heavy (non-hydrogen) atoms. The van der Waals surface area contributed by atoms with E-state index >= 15 is 0 Å². The summed E-state index contributed by atoms with van der Waals surface area (Å²) in [6.45, 7) is 1.96. The van der Waals surface area contributed by atoms with Crippen molar-refractivity contribution in [2.45, 2.75) is 26.2 Å². The third kappa shape index (κ3) is 4.60. The van der Waals surface area contributed by atoms with E-state index in [1.165, 1.54) is 24.3 Å². The number of carbonyl (C=O) groups is 2. The van der Waals surface area contributed by atoms with Crippen LogP contribution in [0.25, 0.3) is 0 Å². The summed E-state index contributed by atoms with van der Waals surface area (Å²) in [5, 5.41) is 0. The molecule has 0 atom stereocenters. The second-order valence-electron chi connectivity index (χ2n) is 5.22. The summed E-state index contributed by atoms with van der Waals surface area (Å²) < 4.78 is 13.7. The summed E-state index contributed by atoms with van der Waals surface area (Å²) in [4.78, 5) is 24.0. The number of ketones is 2. The van der Waals surface area contributed by atoms with Crippen LogP contribution in [0.3, 0.4) is 0 Å². The number of hydrogen-bond acceptors (Lipinski definition) is 2. The predicted octanol–water partition coefficient (Wildman–Crippen LogP) is 4.67. The SMILES string of the molecule is Cc1ccc(Br)cc1CC(=O)CCC(=O)c1ccc(F)cc1. The maximum absolute atomic E-state index is 12.8. The molecule has 2 nitrogen and oxygen atoms in total. The summed E-state index contributed by atoms with van der Waals surface area (Å²) in [6.07, 6.45) is 0.668. The van der Waals surface area contributed by atoms with E-state index in [-0.39, 0.29) is 30.2 Å². The van der Waals surface area contributed by atoms with Crippen molar-refractivity contribution in [1.29, 1.82) is 0 Å². The molecule has 0 N–H and O–H groups in total. The van der Waals surface area contributed by atoms with Gasteiger partial charge in [0.1, 0.15) is 11.6 Å². The van der Waals surface area contributed by atoms with E-state index in [1.54, 1.807) is 0 Å². The normalized spacial score (nSPS) is 10.5. The third-order valence-corrected chi connectivity index (χ3v) is 3.99. The Balaban J connectivity index is 1.91. The van der Waals surface area contributed by atoms with Crippen LogP contribution in [0.15, 0.2) is 46.9 Å². The molecule has 0 saturated carbocycles. The Hall–Kier alpha value is -1.81. The van der Waals surface area contributed by atoms with E-state index in [0.717, 1.165) is 15.6 Å². The zero-order valence-corrected chi connectivity index (χ0v) is 13.8. The smallest absolute Gasteiger partial charge is 0.163 e. The van der Waals surface area contributed by atoms with Crippen LogP contribution < -0.4 is 0 Å². The molecule has 0 aromatic heterocycles. The van der Waals surface area contributed by atoms with Crippen LogP contribution in [0.2, 0.25) is 0 Å². The first-order valence-corrected chi connectivity index (χ1v) is 7.80. The van der Waals surface area contributed by atoms with Gasteiger partial charge in [-0.1, -0.05) is 22.0 Å². The van der Waals surface area contributed by atoms with Gasteiger partial charge >= 0.3 is 0 Å². The van der Waals surface area contributed by atoms with Crippen LogP contribution in [-0.2, 0) is 11.2 Å². The van der Waals surface area contributed by atoms with Gasteiger partial charge in [0.2, 0.25) is 0 Å². The zero-order valence-electron chi connectivity index (χ0n) is 12.2. The first-order valence-electron chi connectivity index (χ1n) is 7.01. The molecule has 0 spiro atoms. The zero-order chi connectivity index (χ0) is 16.1. The van der Waals surface area contributed by atoms with Crippen molar-refractivity contribution in [2.75, 3.05) is 0 Å². The molecule has 2 aromatic rings. The number of halogens is 2. The van der Waals surface area contributed by atoms with Crippen molar-refractivity contribution >= 4 is 27.5 Å². The van der Waals surface area contributed by atoms with Crippen molar-refractivity contribution in [3.8, 4) is 0 Å². The number of Topliss-reactive ketones (excluding diaryl/α,β-unsaturated/α-hetero) is 2. The number of aryl methyl sites for hydroxylation is 1. The van der Waals surface area contributed by atoms with Gasteiger partial charge in [-0.05, 0) is 54.4 Å². The van der Waals surface area contributed by atoms with E-state index in [2.05, 4.69) is 15.9 Å². The number of hydrogen-bond donors (Lipinski definition) is 0. The molecule has 0 bridgehead atoms. The van der Waals surface area contributed by atoms with Gasteiger partial charge in [0.05, 0.1) is 0 Å². The summed E-state index contributed by atoms with van der Waals surface area (Å²) in [7, 11) is 0. The highest BCUT2D eigenvalue weighted by molar-refractivity contribution is 9.10. The molecular weight excluding hydrogens is 347 g/mol. The fraction of sp³-hybridized carbons (Fsp3) is 0.222. The summed E-state index contributed by atoms with van der Waals surface area (Å²) in [5.41, 5.74) is 2.46. The molecule has 0 aliphatic rings. The monoisotopic (exact) mass is 362 g/mol. The second kappa shape index (κ2) is 7.45. The number of carbonyl (C=O) groups excluding carboxylic acids is 2. The van der Waals surface area contributed by atoms with Gasteiger partial charge < -0.3 is 0 Å². The van der Waals surface area contributed by atoms with Gasteiger partial charge in [0.15, 0.2) is 5.78 Å². The summed E-state index contributed by atoms with van der Waals surface area (Å²) in [6, 6.07) is 11.2. The van der Waals surface area contributed by atoms with E-state index < -0.39 is 0 Å². The Morgan fingerprint density at radius 3 is 2.41 bits per heavy atom. The Bertz CT molecular complexity index is 693. The molecular formula is C18H16BrFO2. The Morgan fingerprint density at radius 1 is 1.05 bits per heavy atom. The molecule has 114 valence electrons. The topological polar surface area (TPSA) is 34.1 Å². The van der Waals surface area contributed by atoms with Crippen LogP contribution >= 0.6 is 15.9 Å². The molecule has 0 radical (unpaired) electrons. The molecule has 0 aliphatic carbocycles. The molecule has 0 unspecified atom stereocenters. The van der Waals surface area contributed by atoms with Gasteiger partial charge in [0, 0.05) is 29.3 Å². The van der Waals surface area contributed by atoms with Gasteiger partial charge in [-0.25, -0.2) is 4.39 Å². The van der Waals surface area contributed by atoms with Crippen LogP contribution in [0.5, 0.6) is 0 Å². The average Bonchev–Trinajstić information content (AvgIpc) is 2.49. The van der Waals surface area contributed by atoms with Crippen LogP contribution in [-0.4, -0.2) is 11.6 Å². The lowest BCUT2D eigenvalue weighted by Crippen LogP contribution is -2.08. The minimum absolute atomic E-state index is 0.0247. The van der Waals surface area contributed by atoms with E-state index in [4.69, 9.17) is 0 Å². The summed E-state index contributed by atoms with van der Waals surface area (Å²) in [5.74, 6) is -0.492. The first-order chi connectivity index (χ1) is 10.5. The van der Waals surface area contributed by atoms with Gasteiger partial charge in [-0.15, -0.1) is 0 Å². The Morgan fingerprint density at radius 2 is 1.73 bits per heavy atom. The van der Waals surface area contributed by atoms with Gasteiger partial charge in [-0.3, -0.25) is 9.59 Å². The highest BCUT2D eigenvalue weighted by Crippen LogP contribution is 2.17. The fourth-order valence-corrected chi connectivity index (χ4v) is 2.57. The molecule has 0 amide bonds. The van der Waals surface area contributed by atoms with Crippen molar-refractivity contribution in [1.82, 2.24) is 0 Å². The van der Waals surface area contributed by atoms with Crippen LogP contribution in [0.1, 0.15) is 34.3 Å². The minimum Gasteiger partial charge on any atom is -0.299 e. The van der Waals surface area contributed by atoms with Crippen LogP contribution in [0, 0.1) is 12.7 Å². The highest BCUT2D eigenvalue weighted by Gasteiger charge is 2.11. The molecule has 0 saturated heterocycles.